The highest BCUT2D eigenvalue weighted by Crippen LogP contribution is 2.25. The van der Waals surface area contributed by atoms with Gasteiger partial charge in [-0.25, -0.2) is 0 Å². The molecule has 0 unspecified atom stereocenters. The Morgan fingerprint density at radius 1 is 1.19 bits per heavy atom. The number of nitrogens with one attached hydrogen (secondary N) is 1. The van der Waals surface area contributed by atoms with Gasteiger partial charge in [0.15, 0.2) is 0 Å². The van der Waals surface area contributed by atoms with Gasteiger partial charge in [-0.1, -0.05) is 6.07 Å². The maximum Gasteiger partial charge on any atom is 0.122 e. The number of aryl methyl sites for hydroxylation is 2. The van der Waals surface area contributed by atoms with E-state index in [1.54, 1.807) is 7.11 Å². The van der Waals surface area contributed by atoms with Crippen LogP contribution in [0.4, 0.5) is 0 Å². The average molecular weight is 221 g/mol. The Morgan fingerprint density at radius 3 is 2.31 bits per heavy atom. The van der Waals surface area contributed by atoms with Crippen LogP contribution in [0.5, 0.6) is 5.75 Å². The molecular formula is C14H23NO. The molecular weight excluding hydrogens is 198 g/mol. The molecule has 1 N–H and O–H groups in total. The predicted molar refractivity (Wildman–Crippen MR) is 69.3 cm³/mol. The predicted octanol–water partition coefficient (Wildman–Crippen LogP) is 2.85. The molecule has 0 aliphatic carbocycles. The molecule has 90 valence electrons. The zero-order valence-electron chi connectivity index (χ0n) is 11.3. The highest BCUT2D eigenvalue weighted by molar-refractivity contribution is 5.42. The van der Waals surface area contributed by atoms with Crippen molar-refractivity contribution in [1.29, 1.82) is 0 Å². The number of ether oxygens (including phenoxy) is 1. The van der Waals surface area contributed by atoms with Crippen LogP contribution in [-0.4, -0.2) is 19.7 Å². The van der Waals surface area contributed by atoms with Gasteiger partial charge in [-0.3, -0.25) is 0 Å². The summed E-state index contributed by atoms with van der Waals surface area (Å²) in [5.41, 5.74) is 4.02. The summed E-state index contributed by atoms with van der Waals surface area (Å²) in [7, 11) is 3.73. The summed E-state index contributed by atoms with van der Waals surface area (Å²) >= 11 is 0. The number of benzene rings is 1. The van der Waals surface area contributed by atoms with Crippen LogP contribution in [-0.2, 0) is 6.42 Å². The van der Waals surface area contributed by atoms with E-state index in [2.05, 4.69) is 45.1 Å². The maximum atomic E-state index is 5.32. The standard InChI is InChI=1S/C14H23NO/c1-10-8-13(16-6)11(2)7-12(10)9-14(3,4)15-5/h7-8,15H,9H2,1-6H3. The molecule has 0 aliphatic rings. The monoisotopic (exact) mass is 221 g/mol. The minimum atomic E-state index is 0.131. The quantitative estimate of drug-likeness (QED) is 0.844. The summed E-state index contributed by atoms with van der Waals surface area (Å²) in [5, 5.41) is 3.33. The van der Waals surface area contributed by atoms with Crippen molar-refractivity contribution in [3.63, 3.8) is 0 Å². The topological polar surface area (TPSA) is 21.3 Å². The molecule has 0 aromatic heterocycles. The second kappa shape index (κ2) is 4.88. The third-order valence-electron chi connectivity index (χ3n) is 3.16. The summed E-state index contributed by atoms with van der Waals surface area (Å²) in [4.78, 5) is 0. The first kappa shape index (κ1) is 13.0. The van der Waals surface area contributed by atoms with Gasteiger partial charge in [-0.15, -0.1) is 0 Å². The van der Waals surface area contributed by atoms with Crippen LogP contribution in [0.25, 0.3) is 0 Å². The van der Waals surface area contributed by atoms with Gasteiger partial charge in [0, 0.05) is 5.54 Å². The molecule has 0 aliphatic heterocycles. The van der Waals surface area contributed by atoms with Crippen LogP contribution < -0.4 is 10.1 Å². The van der Waals surface area contributed by atoms with Crippen LogP contribution in [0.2, 0.25) is 0 Å². The molecule has 1 aromatic carbocycles. The molecule has 0 radical (unpaired) electrons. The summed E-state index contributed by atoms with van der Waals surface area (Å²) < 4.78 is 5.32. The Hall–Kier alpha value is -1.02. The number of rotatable bonds is 4. The van der Waals surface area contributed by atoms with Gasteiger partial charge in [0.25, 0.3) is 0 Å². The largest absolute Gasteiger partial charge is 0.496 e. The number of hydrogen-bond donors (Lipinski definition) is 1. The van der Waals surface area contributed by atoms with Crippen molar-refractivity contribution < 1.29 is 4.74 Å². The lowest BCUT2D eigenvalue weighted by Crippen LogP contribution is -2.38. The summed E-state index contributed by atoms with van der Waals surface area (Å²) in [5.74, 6) is 0.975. The Kier molecular flexibility index (Phi) is 3.98. The minimum absolute atomic E-state index is 0.131. The van der Waals surface area contributed by atoms with Gasteiger partial charge in [0.2, 0.25) is 0 Å². The van der Waals surface area contributed by atoms with Gasteiger partial charge < -0.3 is 10.1 Å². The molecule has 0 fully saturated rings. The minimum Gasteiger partial charge on any atom is -0.496 e. The van der Waals surface area contributed by atoms with Crippen LogP contribution in [0.3, 0.4) is 0 Å². The van der Waals surface area contributed by atoms with E-state index in [9.17, 15) is 0 Å². The van der Waals surface area contributed by atoms with Crippen molar-refractivity contribution in [2.75, 3.05) is 14.2 Å². The van der Waals surface area contributed by atoms with Crippen molar-refractivity contribution in [2.24, 2.45) is 0 Å². The Morgan fingerprint density at radius 2 is 1.81 bits per heavy atom. The van der Waals surface area contributed by atoms with Gasteiger partial charge in [-0.2, -0.15) is 0 Å². The normalized spacial score (nSPS) is 11.6. The molecule has 1 rings (SSSR count). The fourth-order valence-corrected chi connectivity index (χ4v) is 1.82. The first-order valence-corrected chi connectivity index (χ1v) is 5.72. The molecule has 0 bridgehead atoms. The van der Waals surface area contributed by atoms with Crippen molar-refractivity contribution in [3.05, 3.63) is 28.8 Å². The SMILES string of the molecule is CNC(C)(C)Cc1cc(C)c(OC)cc1C. The molecule has 16 heavy (non-hydrogen) atoms. The van der Waals surface area contributed by atoms with E-state index < -0.39 is 0 Å². The summed E-state index contributed by atoms with van der Waals surface area (Å²) in [6.07, 6.45) is 1.03. The third-order valence-corrected chi connectivity index (χ3v) is 3.16. The fourth-order valence-electron chi connectivity index (χ4n) is 1.82. The van der Waals surface area contributed by atoms with E-state index in [-0.39, 0.29) is 5.54 Å². The van der Waals surface area contributed by atoms with Crippen LogP contribution >= 0.6 is 0 Å². The zero-order valence-corrected chi connectivity index (χ0v) is 11.3. The van der Waals surface area contributed by atoms with E-state index in [1.165, 1.54) is 16.7 Å². The first-order valence-electron chi connectivity index (χ1n) is 5.72. The molecule has 0 spiro atoms. The van der Waals surface area contributed by atoms with Crippen molar-refractivity contribution in [1.82, 2.24) is 5.32 Å². The number of hydrogen-bond acceptors (Lipinski definition) is 2. The number of methoxy groups -OCH3 is 1. The van der Waals surface area contributed by atoms with Crippen LogP contribution in [0.1, 0.15) is 30.5 Å². The Balaban J connectivity index is 3.02. The summed E-state index contributed by atoms with van der Waals surface area (Å²) in [6.45, 7) is 8.66. The lowest BCUT2D eigenvalue weighted by Gasteiger charge is -2.25. The molecule has 1 aromatic rings. The zero-order chi connectivity index (χ0) is 12.3. The first-order chi connectivity index (χ1) is 7.39. The molecule has 0 amide bonds. The van der Waals surface area contributed by atoms with E-state index in [4.69, 9.17) is 4.74 Å². The lowest BCUT2D eigenvalue weighted by molar-refractivity contribution is 0.408. The molecule has 0 atom stereocenters. The van der Waals surface area contributed by atoms with Crippen molar-refractivity contribution in [2.45, 2.75) is 39.7 Å². The van der Waals surface area contributed by atoms with Gasteiger partial charge in [0.05, 0.1) is 7.11 Å². The van der Waals surface area contributed by atoms with Gasteiger partial charge in [0.1, 0.15) is 5.75 Å². The highest BCUT2D eigenvalue weighted by Gasteiger charge is 2.17. The number of likely N-dealkylation sites (N-methyl/N-ethyl adjacent to an activating group) is 1. The second-order valence-electron chi connectivity index (χ2n) is 5.06. The van der Waals surface area contributed by atoms with E-state index in [0.29, 0.717) is 0 Å². The maximum absolute atomic E-state index is 5.32. The second-order valence-corrected chi connectivity index (χ2v) is 5.06. The van der Waals surface area contributed by atoms with Crippen molar-refractivity contribution >= 4 is 0 Å². The highest BCUT2D eigenvalue weighted by atomic mass is 16.5. The molecule has 0 heterocycles. The van der Waals surface area contributed by atoms with E-state index >= 15 is 0 Å². The summed E-state index contributed by atoms with van der Waals surface area (Å²) in [6, 6.07) is 4.35. The average Bonchev–Trinajstić information content (AvgIpc) is 2.22. The van der Waals surface area contributed by atoms with Crippen molar-refractivity contribution in [3.8, 4) is 5.75 Å². The van der Waals surface area contributed by atoms with Gasteiger partial charge >= 0.3 is 0 Å². The van der Waals surface area contributed by atoms with Crippen LogP contribution in [0.15, 0.2) is 12.1 Å². The van der Waals surface area contributed by atoms with Gasteiger partial charge in [-0.05, 0) is 63.9 Å². The Labute approximate surface area is 99.0 Å². The molecule has 2 nitrogen and oxygen atoms in total. The van der Waals surface area contributed by atoms with Crippen LogP contribution in [0, 0.1) is 13.8 Å². The molecule has 2 heteroatoms. The molecule has 0 saturated heterocycles. The van der Waals surface area contributed by atoms with E-state index in [1.807, 2.05) is 7.05 Å². The molecule has 0 saturated carbocycles. The third kappa shape index (κ3) is 2.99. The lowest BCUT2D eigenvalue weighted by atomic mass is 9.91. The smallest absolute Gasteiger partial charge is 0.122 e. The Bertz CT molecular complexity index is 369. The van der Waals surface area contributed by atoms with E-state index in [0.717, 1.165) is 12.2 Å². The fraction of sp³-hybridized carbons (Fsp3) is 0.571.